The Bertz CT molecular complexity index is 1290. The summed E-state index contributed by atoms with van der Waals surface area (Å²) >= 11 is 7.42. The summed E-state index contributed by atoms with van der Waals surface area (Å²) in [6, 6.07) is 26.1. The number of benzene rings is 2. The summed E-state index contributed by atoms with van der Waals surface area (Å²) < 4.78 is 12.2. The van der Waals surface area contributed by atoms with Crippen molar-refractivity contribution in [1.82, 2.24) is 10.3 Å². The normalized spacial score (nSPS) is 17.6. The third-order valence-electron chi connectivity index (χ3n) is 5.72. The second-order valence-corrected chi connectivity index (χ2v) is 10.2. The van der Waals surface area contributed by atoms with Crippen molar-refractivity contribution in [2.75, 3.05) is 4.90 Å². The summed E-state index contributed by atoms with van der Waals surface area (Å²) in [5, 5.41) is 4.94. The van der Waals surface area contributed by atoms with Crippen molar-refractivity contribution in [3.05, 3.63) is 102 Å². The molecular formula is C28H27N3O2S2. The monoisotopic (exact) mass is 501 g/mol. The lowest BCUT2D eigenvalue weighted by atomic mass is 10.0. The van der Waals surface area contributed by atoms with E-state index in [0.717, 1.165) is 32.9 Å². The lowest BCUT2D eigenvalue weighted by Gasteiger charge is -2.26. The number of hydrogen-bond donors (Lipinski definition) is 1. The summed E-state index contributed by atoms with van der Waals surface area (Å²) in [5.74, 6) is 1.65. The van der Waals surface area contributed by atoms with Crippen LogP contribution in [0.3, 0.4) is 0 Å². The van der Waals surface area contributed by atoms with Crippen LogP contribution in [-0.2, 0) is 0 Å². The number of ether oxygens (including phenoxy) is 1. The molecule has 1 aliphatic rings. The van der Waals surface area contributed by atoms with Crippen molar-refractivity contribution in [3.8, 4) is 5.75 Å². The van der Waals surface area contributed by atoms with Gasteiger partial charge in [-0.15, -0.1) is 0 Å². The van der Waals surface area contributed by atoms with Crippen LogP contribution >= 0.6 is 24.0 Å². The fourth-order valence-electron chi connectivity index (χ4n) is 4.15. The maximum absolute atomic E-state index is 6.40. The SMILES string of the molecule is Cc1ccc(Sc2ccc([C@H]3[C@@H](c4ccccn4)NC(=S)N3c3ccc(OC(C)C)cc3)o2)cc1. The van der Waals surface area contributed by atoms with Gasteiger partial charge in [0, 0.05) is 16.8 Å². The minimum Gasteiger partial charge on any atom is -0.491 e. The van der Waals surface area contributed by atoms with Gasteiger partial charge >= 0.3 is 0 Å². The first-order chi connectivity index (χ1) is 17.0. The van der Waals surface area contributed by atoms with E-state index < -0.39 is 0 Å². The minimum absolute atomic E-state index is 0.115. The number of pyridine rings is 1. The van der Waals surface area contributed by atoms with Gasteiger partial charge in [0.25, 0.3) is 0 Å². The van der Waals surface area contributed by atoms with Crippen LogP contribution in [0, 0.1) is 6.92 Å². The van der Waals surface area contributed by atoms with Crippen LogP contribution in [-0.4, -0.2) is 16.2 Å². The Balaban J connectivity index is 1.49. The van der Waals surface area contributed by atoms with E-state index in [2.05, 4.69) is 46.4 Å². The van der Waals surface area contributed by atoms with Gasteiger partial charge in [0.2, 0.25) is 0 Å². The fourth-order valence-corrected chi connectivity index (χ4v) is 5.27. The van der Waals surface area contributed by atoms with Gasteiger partial charge in [-0.1, -0.05) is 35.5 Å². The summed E-state index contributed by atoms with van der Waals surface area (Å²) in [6.07, 6.45) is 1.92. The number of anilines is 1. The molecule has 5 rings (SSSR count). The molecular weight excluding hydrogens is 474 g/mol. The van der Waals surface area contributed by atoms with Crippen LogP contribution in [0.1, 0.15) is 42.9 Å². The highest BCUT2D eigenvalue weighted by atomic mass is 32.2. The summed E-state index contributed by atoms with van der Waals surface area (Å²) in [5.41, 5.74) is 3.11. The van der Waals surface area contributed by atoms with Crippen molar-refractivity contribution < 1.29 is 9.15 Å². The number of hydrogen-bond acceptors (Lipinski definition) is 5. The molecule has 0 aliphatic carbocycles. The van der Waals surface area contributed by atoms with Crippen LogP contribution < -0.4 is 15.0 Å². The summed E-state index contributed by atoms with van der Waals surface area (Å²) in [7, 11) is 0. The highest BCUT2D eigenvalue weighted by Gasteiger charge is 2.42. The summed E-state index contributed by atoms with van der Waals surface area (Å²) in [4.78, 5) is 7.85. The zero-order chi connectivity index (χ0) is 24.4. The number of nitrogens with zero attached hydrogens (tertiary/aromatic N) is 2. The average molecular weight is 502 g/mol. The van der Waals surface area contributed by atoms with E-state index in [1.54, 1.807) is 18.0 Å². The molecule has 2 aromatic carbocycles. The van der Waals surface area contributed by atoms with Crippen LogP contribution in [0.4, 0.5) is 5.69 Å². The van der Waals surface area contributed by atoms with Gasteiger partial charge in [0.15, 0.2) is 10.2 Å². The van der Waals surface area contributed by atoms with Crippen molar-refractivity contribution in [3.63, 3.8) is 0 Å². The fraction of sp³-hybridized carbons (Fsp3) is 0.214. The Morgan fingerprint density at radius 3 is 2.46 bits per heavy atom. The van der Waals surface area contributed by atoms with Crippen LogP contribution in [0.2, 0.25) is 0 Å². The summed E-state index contributed by atoms with van der Waals surface area (Å²) in [6.45, 7) is 6.12. The Morgan fingerprint density at radius 2 is 1.77 bits per heavy atom. The lowest BCUT2D eigenvalue weighted by molar-refractivity contribution is 0.242. The largest absolute Gasteiger partial charge is 0.491 e. The van der Waals surface area contributed by atoms with E-state index in [1.165, 1.54) is 5.56 Å². The Kier molecular flexibility index (Phi) is 6.79. The first kappa shape index (κ1) is 23.5. The third-order valence-corrected chi connectivity index (χ3v) is 6.96. The quantitative estimate of drug-likeness (QED) is 0.271. The highest BCUT2D eigenvalue weighted by Crippen LogP contribution is 2.43. The van der Waals surface area contributed by atoms with Gasteiger partial charge in [-0.05, 0) is 93.7 Å². The van der Waals surface area contributed by atoms with Crippen molar-refractivity contribution >= 4 is 34.8 Å². The molecule has 0 saturated carbocycles. The van der Waals surface area contributed by atoms with Crippen LogP contribution in [0.5, 0.6) is 5.75 Å². The first-order valence-electron chi connectivity index (χ1n) is 11.6. The maximum atomic E-state index is 6.40. The molecule has 1 saturated heterocycles. The molecule has 0 amide bonds. The van der Waals surface area contributed by atoms with E-state index in [-0.39, 0.29) is 18.2 Å². The second-order valence-electron chi connectivity index (χ2n) is 8.73. The predicted molar refractivity (Wildman–Crippen MR) is 144 cm³/mol. The molecule has 1 N–H and O–H groups in total. The van der Waals surface area contributed by atoms with Gasteiger partial charge in [-0.3, -0.25) is 4.98 Å². The molecule has 35 heavy (non-hydrogen) atoms. The van der Waals surface area contributed by atoms with Gasteiger partial charge in [0.1, 0.15) is 17.6 Å². The predicted octanol–water partition coefficient (Wildman–Crippen LogP) is 7.10. The molecule has 4 aromatic rings. The van der Waals surface area contributed by atoms with Crippen molar-refractivity contribution in [2.45, 2.75) is 48.9 Å². The average Bonchev–Trinajstić information content (AvgIpc) is 3.45. The number of nitrogens with one attached hydrogen (secondary N) is 1. The van der Waals surface area contributed by atoms with Gasteiger partial charge < -0.3 is 19.4 Å². The van der Waals surface area contributed by atoms with Crippen molar-refractivity contribution in [1.29, 1.82) is 0 Å². The topological polar surface area (TPSA) is 50.5 Å². The third kappa shape index (κ3) is 5.21. The number of rotatable bonds is 7. The molecule has 2 atom stereocenters. The number of aromatic nitrogens is 1. The number of thiocarbonyl (C=S) groups is 1. The Labute approximate surface area is 215 Å². The van der Waals surface area contributed by atoms with Gasteiger partial charge in [-0.2, -0.15) is 0 Å². The first-order valence-corrected chi connectivity index (χ1v) is 12.8. The second kappa shape index (κ2) is 10.1. The molecule has 5 nitrogen and oxygen atoms in total. The zero-order valence-corrected chi connectivity index (χ0v) is 21.5. The molecule has 0 spiro atoms. The molecule has 1 aliphatic heterocycles. The molecule has 0 bridgehead atoms. The maximum Gasteiger partial charge on any atom is 0.174 e. The molecule has 2 aromatic heterocycles. The van der Waals surface area contributed by atoms with E-state index >= 15 is 0 Å². The standard InChI is InChI=1S/C28H27N3O2S2/c1-18(2)32-21-11-9-20(10-12-21)31-27(26(30-28(31)34)23-6-4-5-17-29-23)24-15-16-25(33-24)35-22-13-7-19(3)8-14-22/h4-18,26-27H,1-3H3,(H,30,34)/t26-,27+/m1/s1. The van der Waals surface area contributed by atoms with Gasteiger partial charge in [-0.25, -0.2) is 0 Å². The minimum atomic E-state index is -0.193. The Hall–Kier alpha value is -3.29. The van der Waals surface area contributed by atoms with E-state index in [1.807, 2.05) is 68.4 Å². The van der Waals surface area contributed by atoms with Gasteiger partial charge in [0.05, 0.1) is 17.8 Å². The van der Waals surface area contributed by atoms with E-state index in [0.29, 0.717) is 5.11 Å². The smallest absolute Gasteiger partial charge is 0.174 e. The molecule has 178 valence electrons. The molecule has 1 fully saturated rings. The molecule has 3 heterocycles. The molecule has 7 heteroatoms. The van der Waals surface area contributed by atoms with Crippen molar-refractivity contribution in [2.24, 2.45) is 0 Å². The van der Waals surface area contributed by atoms with Crippen LogP contribution in [0.25, 0.3) is 0 Å². The highest BCUT2D eigenvalue weighted by molar-refractivity contribution is 7.99. The lowest BCUT2D eigenvalue weighted by Crippen LogP contribution is -2.29. The van der Waals surface area contributed by atoms with E-state index in [9.17, 15) is 0 Å². The Morgan fingerprint density at radius 1 is 1.00 bits per heavy atom. The van der Waals surface area contributed by atoms with E-state index in [4.69, 9.17) is 21.4 Å². The number of furan rings is 1. The molecule has 0 radical (unpaired) electrons. The van der Waals surface area contributed by atoms with Crippen LogP contribution in [0.15, 0.2) is 99.5 Å². The zero-order valence-electron chi connectivity index (χ0n) is 19.8. The molecule has 0 unspecified atom stereocenters. The number of aryl methyl sites for hydroxylation is 1.